The van der Waals surface area contributed by atoms with Gasteiger partial charge < -0.3 is 9.32 Å². The summed E-state index contributed by atoms with van der Waals surface area (Å²) in [4.78, 5) is 2.48. The van der Waals surface area contributed by atoms with E-state index in [0.717, 1.165) is 77.9 Å². The zero-order valence-corrected chi connectivity index (χ0v) is 35.1. The fourth-order valence-electron chi connectivity index (χ4n) is 9.49. The number of fused-ring (bicyclic) bond motifs is 6. The highest BCUT2D eigenvalue weighted by atomic mass is 32.1. The zero-order chi connectivity index (χ0) is 41.7. The monoisotopic (exact) mass is 821 g/mol. The highest BCUT2D eigenvalue weighted by Crippen LogP contribution is 2.51. The zero-order valence-electron chi connectivity index (χ0n) is 34.3. The molecule has 0 unspecified atom stereocenters. The lowest BCUT2D eigenvalue weighted by Gasteiger charge is -2.31. The summed E-state index contributed by atoms with van der Waals surface area (Å²) in [5.74, 6) is 0. The first kappa shape index (κ1) is 36.8. The normalized spacial score (nSPS) is 11.5. The molecule has 0 aliphatic heterocycles. The van der Waals surface area contributed by atoms with Crippen LogP contribution in [-0.2, 0) is 0 Å². The van der Waals surface area contributed by atoms with Crippen LogP contribution >= 0.6 is 11.3 Å². The number of hydrogen-bond acceptors (Lipinski definition) is 3. The molecule has 2 aromatic heterocycles. The number of nitrogens with zero attached hydrogens (tertiary/aromatic N) is 1. The summed E-state index contributed by atoms with van der Waals surface area (Å²) in [6.45, 7) is 0. The Morgan fingerprint density at radius 1 is 0.333 bits per heavy atom. The van der Waals surface area contributed by atoms with Gasteiger partial charge in [0.05, 0.1) is 11.4 Å². The molecule has 0 amide bonds. The van der Waals surface area contributed by atoms with Crippen LogP contribution in [0, 0.1) is 0 Å². The topological polar surface area (TPSA) is 16.4 Å². The van der Waals surface area contributed by atoms with Gasteiger partial charge in [-0.1, -0.05) is 200 Å². The molecule has 0 radical (unpaired) electrons. The molecule has 2 heterocycles. The van der Waals surface area contributed by atoms with Gasteiger partial charge in [0, 0.05) is 53.3 Å². The van der Waals surface area contributed by atoms with Gasteiger partial charge in [0.2, 0.25) is 0 Å². The Labute approximate surface area is 370 Å². The van der Waals surface area contributed by atoms with E-state index in [-0.39, 0.29) is 0 Å². The molecule has 0 atom stereocenters. The van der Waals surface area contributed by atoms with E-state index in [9.17, 15) is 0 Å². The Hall–Kier alpha value is -7.98. The van der Waals surface area contributed by atoms with E-state index in [2.05, 4.69) is 235 Å². The summed E-state index contributed by atoms with van der Waals surface area (Å²) in [7, 11) is 0. The highest BCUT2D eigenvalue weighted by Gasteiger charge is 2.26. The predicted octanol–water partition coefficient (Wildman–Crippen LogP) is 17.8. The molecule has 12 rings (SSSR count). The lowest BCUT2D eigenvalue weighted by atomic mass is 9.87. The van der Waals surface area contributed by atoms with Gasteiger partial charge in [-0.25, -0.2) is 0 Å². The van der Waals surface area contributed by atoms with Crippen molar-refractivity contribution in [3.63, 3.8) is 0 Å². The minimum Gasteiger partial charge on any atom is -0.455 e. The molecule has 3 heteroatoms. The van der Waals surface area contributed by atoms with E-state index in [1.54, 1.807) is 0 Å². The third-order valence-electron chi connectivity index (χ3n) is 12.3. The number of rotatable bonds is 8. The first-order chi connectivity index (χ1) is 31.3. The van der Waals surface area contributed by atoms with Crippen LogP contribution in [-0.4, -0.2) is 0 Å². The van der Waals surface area contributed by atoms with Crippen LogP contribution in [0.2, 0.25) is 0 Å². The van der Waals surface area contributed by atoms with Crippen molar-refractivity contribution in [2.75, 3.05) is 4.90 Å². The smallest absolute Gasteiger partial charge is 0.143 e. The van der Waals surface area contributed by atoms with Crippen molar-refractivity contribution in [3.05, 3.63) is 237 Å². The van der Waals surface area contributed by atoms with Crippen molar-refractivity contribution >= 4 is 70.5 Å². The average molecular weight is 822 g/mol. The van der Waals surface area contributed by atoms with E-state index in [0.29, 0.717) is 0 Å². The van der Waals surface area contributed by atoms with Crippen LogP contribution in [0.5, 0.6) is 0 Å². The molecular weight excluding hydrogens is 783 g/mol. The molecule has 0 fully saturated rings. The number of hydrogen-bond donors (Lipinski definition) is 0. The molecule has 0 saturated carbocycles. The second-order valence-electron chi connectivity index (χ2n) is 15.9. The maximum Gasteiger partial charge on any atom is 0.143 e. The molecule has 0 saturated heterocycles. The number of furan rings is 1. The van der Waals surface area contributed by atoms with Crippen LogP contribution in [0.25, 0.3) is 97.7 Å². The SMILES string of the molecule is c1ccc(-c2ccccc2-c2c(-c3ccccc3)cccc2N(c2cccc(-c3cccc4c3sc3ccccc34)c2)c2ccccc2-c2cccc3c2oc2ccccc23)cc1. The highest BCUT2D eigenvalue weighted by molar-refractivity contribution is 7.26. The largest absolute Gasteiger partial charge is 0.455 e. The van der Waals surface area contributed by atoms with Gasteiger partial charge >= 0.3 is 0 Å². The van der Waals surface area contributed by atoms with Crippen LogP contribution in [0.1, 0.15) is 0 Å². The minimum absolute atomic E-state index is 0.879. The Morgan fingerprint density at radius 3 is 1.70 bits per heavy atom. The molecule has 0 spiro atoms. The van der Waals surface area contributed by atoms with Crippen molar-refractivity contribution in [1.82, 2.24) is 0 Å². The standard InChI is InChI=1S/C60H39NOS/c1-3-19-40(20-4-1)44-25-7-8-29-50(44)58-45(41-21-5-2-6-22-41)30-18-36-55(58)61(43-24-15-23-42(39-43)46-31-16-34-53-49-28-11-14-38-57(49)63-60(46)53)54-35-12-9-26-47(54)51-32-17-33-52-48-27-10-13-37-56(48)62-59(51)52/h1-39H. The molecular formula is C60H39NOS. The van der Waals surface area contributed by atoms with E-state index in [4.69, 9.17) is 4.42 Å². The van der Waals surface area contributed by atoms with Crippen LogP contribution in [0.3, 0.4) is 0 Å². The second-order valence-corrected chi connectivity index (χ2v) is 17.0. The van der Waals surface area contributed by atoms with Gasteiger partial charge in [0.1, 0.15) is 11.2 Å². The van der Waals surface area contributed by atoms with Gasteiger partial charge in [0.15, 0.2) is 0 Å². The molecule has 10 aromatic carbocycles. The van der Waals surface area contributed by atoms with E-state index < -0.39 is 0 Å². The summed E-state index contributed by atoms with van der Waals surface area (Å²) < 4.78 is 9.34. The van der Waals surface area contributed by atoms with Gasteiger partial charge in [-0.3, -0.25) is 0 Å². The average Bonchev–Trinajstić information content (AvgIpc) is 3.94. The first-order valence-corrected chi connectivity index (χ1v) is 22.2. The van der Waals surface area contributed by atoms with Crippen molar-refractivity contribution in [1.29, 1.82) is 0 Å². The molecule has 2 nitrogen and oxygen atoms in total. The fourth-order valence-corrected chi connectivity index (χ4v) is 10.7. The van der Waals surface area contributed by atoms with Crippen LogP contribution in [0.15, 0.2) is 241 Å². The van der Waals surface area contributed by atoms with Gasteiger partial charge in [-0.2, -0.15) is 0 Å². The molecule has 296 valence electrons. The fraction of sp³-hybridized carbons (Fsp3) is 0. The van der Waals surface area contributed by atoms with Crippen molar-refractivity contribution in [2.45, 2.75) is 0 Å². The predicted molar refractivity (Wildman–Crippen MR) is 268 cm³/mol. The van der Waals surface area contributed by atoms with Crippen molar-refractivity contribution in [3.8, 4) is 55.6 Å². The van der Waals surface area contributed by atoms with Crippen molar-refractivity contribution in [2.24, 2.45) is 0 Å². The lowest BCUT2D eigenvalue weighted by Crippen LogP contribution is -2.13. The number of para-hydroxylation sites is 3. The van der Waals surface area contributed by atoms with E-state index in [1.165, 1.54) is 36.9 Å². The molecule has 0 aliphatic carbocycles. The van der Waals surface area contributed by atoms with Gasteiger partial charge in [-0.15, -0.1) is 11.3 Å². The minimum atomic E-state index is 0.879. The maximum absolute atomic E-state index is 6.74. The molecule has 63 heavy (non-hydrogen) atoms. The van der Waals surface area contributed by atoms with Crippen LogP contribution in [0.4, 0.5) is 17.1 Å². The maximum atomic E-state index is 6.74. The molecule has 0 aliphatic rings. The summed E-state index contributed by atoms with van der Waals surface area (Å²) in [5, 5.41) is 4.80. The van der Waals surface area contributed by atoms with Crippen LogP contribution < -0.4 is 4.90 Å². The Balaban J connectivity index is 1.16. The van der Waals surface area contributed by atoms with E-state index in [1.807, 2.05) is 17.4 Å². The lowest BCUT2D eigenvalue weighted by molar-refractivity contribution is 0.670. The van der Waals surface area contributed by atoms with Gasteiger partial charge in [0.25, 0.3) is 0 Å². The van der Waals surface area contributed by atoms with Crippen molar-refractivity contribution < 1.29 is 4.42 Å². The molecule has 0 bridgehead atoms. The summed E-state index contributed by atoms with van der Waals surface area (Å²) in [6, 6.07) is 85.4. The second kappa shape index (κ2) is 15.5. The summed E-state index contributed by atoms with van der Waals surface area (Å²) in [5.41, 5.74) is 16.4. The third-order valence-corrected chi connectivity index (χ3v) is 13.5. The summed E-state index contributed by atoms with van der Waals surface area (Å²) >= 11 is 1.87. The Bertz CT molecular complexity index is 3640. The summed E-state index contributed by atoms with van der Waals surface area (Å²) in [6.07, 6.45) is 0. The molecule has 12 aromatic rings. The quantitative estimate of drug-likeness (QED) is 0.152. The Kier molecular flexibility index (Phi) is 9.06. The Morgan fingerprint density at radius 2 is 0.873 bits per heavy atom. The van der Waals surface area contributed by atoms with Gasteiger partial charge in [-0.05, 0) is 75.3 Å². The molecule has 0 N–H and O–H groups in total. The first-order valence-electron chi connectivity index (χ1n) is 21.4. The number of benzene rings is 10. The third kappa shape index (κ3) is 6.33. The number of thiophene rings is 1. The van der Waals surface area contributed by atoms with E-state index >= 15 is 0 Å². The number of anilines is 3.